The number of rotatable bonds is 6. The number of hydrogen-bond donors (Lipinski definition) is 1. The predicted molar refractivity (Wildman–Crippen MR) is 77.6 cm³/mol. The van der Waals surface area contributed by atoms with Gasteiger partial charge in [0.15, 0.2) is 0 Å². The molecule has 1 fully saturated rings. The van der Waals surface area contributed by atoms with Crippen molar-refractivity contribution < 1.29 is 4.39 Å². The lowest BCUT2D eigenvalue weighted by Gasteiger charge is -2.32. The maximum absolute atomic E-state index is 12.9. The number of hydrogen-bond acceptors (Lipinski definition) is 2. The molecule has 0 radical (unpaired) electrons. The molecule has 2 nitrogen and oxygen atoms in total. The Labute approximate surface area is 116 Å². The highest BCUT2D eigenvalue weighted by molar-refractivity contribution is 5.16. The van der Waals surface area contributed by atoms with Gasteiger partial charge < -0.3 is 5.32 Å². The minimum absolute atomic E-state index is 0.155. The SMILES string of the molecule is CCCN(Cc1ccc(F)cc1)CC1(C)CCNC1. The van der Waals surface area contributed by atoms with E-state index >= 15 is 0 Å². The van der Waals surface area contributed by atoms with Gasteiger partial charge >= 0.3 is 0 Å². The summed E-state index contributed by atoms with van der Waals surface area (Å²) in [4.78, 5) is 2.50. The third-order valence-electron chi connectivity index (χ3n) is 3.92. The molecule has 1 aromatic carbocycles. The van der Waals surface area contributed by atoms with E-state index in [1.165, 1.54) is 12.0 Å². The van der Waals surface area contributed by atoms with Gasteiger partial charge in [-0.15, -0.1) is 0 Å². The van der Waals surface area contributed by atoms with Crippen LogP contribution >= 0.6 is 0 Å². The molecule has 19 heavy (non-hydrogen) atoms. The molecule has 0 aliphatic carbocycles. The van der Waals surface area contributed by atoms with Crippen LogP contribution in [0.5, 0.6) is 0 Å². The summed E-state index contributed by atoms with van der Waals surface area (Å²) in [6.45, 7) is 9.96. The summed E-state index contributed by atoms with van der Waals surface area (Å²) in [5.74, 6) is -0.155. The Morgan fingerprint density at radius 2 is 2.05 bits per heavy atom. The van der Waals surface area contributed by atoms with Crippen LogP contribution < -0.4 is 5.32 Å². The van der Waals surface area contributed by atoms with Crippen LogP contribution in [0, 0.1) is 11.2 Å². The topological polar surface area (TPSA) is 15.3 Å². The molecule has 1 saturated heterocycles. The molecular weight excluding hydrogens is 239 g/mol. The fourth-order valence-electron chi connectivity index (χ4n) is 2.92. The highest BCUT2D eigenvalue weighted by Gasteiger charge is 2.30. The van der Waals surface area contributed by atoms with Crippen LogP contribution in [0.4, 0.5) is 4.39 Å². The van der Waals surface area contributed by atoms with Crippen LogP contribution in [0.15, 0.2) is 24.3 Å². The molecule has 1 atom stereocenters. The van der Waals surface area contributed by atoms with Crippen molar-refractivity contribution in [3.8, 4) is 0 Å². The van der Waals surface area contributed by atoms with Crippen molar-refractivity contribution in [3.05, 3.63) is 35.6 Å². The van der Waals surface area contributed by atoms with E-state index < -0.39 is 0 Å². The molecule has 0 saturated carbocycles. The minimum Gasteiger partial charge on any atom is -0.316 e. The van der Waals surface area contributed by atoms with Gasteiger partial charge in [-0.3, -0.25) is 4.90 Å². The maximum Gasteiger partial charge on any atom is 0.123 e. The first kappa shape index (κ1) is 14.5. The second-order valence-corrected chi connectivity index (χ2v) is 6.07. The van der Waals surface area contributed by atoms with E-state index in [-0.39, 0.29) is 5.82 Å². The number of benzene rings is 1. The molecule has 1 aliphatic rings. The molecule has 0 bridgehead atoms. The normalized spacial score (nSPS) is 23.2. The standard InChI is InChI=1S/C16H25FN2/c1-3-10-19(13-16(2)8-9-18-12-16)11-14-4-6-15(17)7-5-14/h4-7,18H,3,8-13H2,1-2H3. The Balaban J connectivity index is 1.97. The Kier molecular flexibility index (Phi) is 4.94. The third kappa shape index (κ3) is 4.29. The second kappa shape index (κ2) is 6.49. The highest BCUT2D eigenvalue weighted by Crippen LogP contribution is 2.26. The van der Waals surface area contributed by atoms with E-state index in [1.807, 2.05) is 12.1 Å². The van der Waals surface area contributed by atoms with Gasteiger partial charge in [0.2, 0.25) is 0 Å². The Morgan fingerprint density at radius 3 is 2.63 bits per heavy atom. The van der Waals surface area contributed by atoms with Crippen molar-refractivity contribution >= 4 is 0 Å². The summed E-state index contributed by atoms with van der Waals surface area (Å²) >= 11 is 0. The molecule has 1 aromatic rings. The Hall–Kier alpha value is -0.930. The van der Waals surface area contributed by atoms with Gasteiger partial charge in [-0.2, -0.15) is 0 Å². The second-order valence-electron chi connectivity index (χ2n) is 6.07. The van der Waals surface area contributed by atoms with E-state index in [2.05, 4.69) is 24.1 Å². The largest absolute Gasteiger partial charge is 0.316 e. The van der Waals surface area contributed by atoms with E-state index in [0.29, 0.717) is 5.41 Å². The van der Waals surface area contributed by atoms with Crippen LogP contribution in [0.25, 0.3) is 0 Å². The zero-order chi connectivity index (χ0) is 13.7. The van der Waals surface area contributed by atoms with Crippen molar-refractivity contribution in [2.24, 2.45) is 5.41 Å². The molecular formula is C16H25FN2. The van der Waals surface area contributed by atoms with Crippen molar-refractivity contribution in [3.63, 3.8) is 0 Å². The zero-order valence-corrected chi connectivity index (χ0v) is 12.1. The van der Waals surface area contributed by atoms with Crippen LogP contribution in [0.3, 0.4) is 0 Å². The molecule has 2 rings (SSSR count). The van der Waals surface area contributed by atoms with Crippen LogP contribution in [0.2, 0.25) is 0 Å². The lowest BCUT2D eigenvalue weighted by molar-refractivity contribution is 0.171. The average molecular weight is 264 g/mol. The number of halogens is 1. The summed E-state index contributed by atoms with van der Waals surface area (Å²) in [5.41, 5.74) is 1.58. The van der Waals surface area contributed by atoms with Crippen LogP contribution in [-0.2, 0) is 6.54 Å². The molecule has 0 aromatic heterocycles. The summed E-state index contributed by atoms with van der Waals surface area (Å²) < 4.78 is 12.9. The summed E-state index contributed by atoms with van der Waals surface area (Å²) in [6, 6.07) is 6.90. The number of nitrogens with one attached hydrogen (secondary N) is 1. The van der Waals surface area contributed by atoms with E-state index in [4.69, 9.17) is 0 Å². The molecule has 1 heterocycles. The number of nitrogens with zero attached hydrogens (tertiary/aromatic N) is 1. The van der Waals surface area contributed by atoms with Gasteiger partial charge in [-0.1, -0.05) is 26.0 Å². The fraction of sp³-hybridized carbons (Fsp3) is 0.625. The smallest absolute Gasteiger partial charge is 0.123 e. The van der Waals surface area contributed by atoms with E-state index in [1.54, 1.807) is 12.1 Å². The van der Waals surface area contributed by atoms with Crippen molar-refractivity contribution in [1.82, 2.24) is 10.2 Å². The highest BCUT2D eigenvalue weighted by atomic mass is 19.1. The summed E-state index contributed by atoms with van der Waals surface area (Å²) in [6.07, 6.45) is 2.40. The van der Waals surface area contributed by atoms with Gasteiger partial charge in [0.1, 0.15) is 5.82 Å². The van der Waals surface area contributed by atoms with E-state index in [0.717, 1.165) is 39.1 Å². The van der Waals surface area contributed by atoms with Gasteiger partial charge in [-0.05, 0) is 49.0 Å². The lowest BCUT2D eigenvalue weighted by atomic mass is 9.89. The summed E-state index contributed by atoms with van der Waals surface area (Å²) in [7, 11) is 0. The van der Waals surface area contributed by atoms with Gasteiger partial charge in [0.25, 0.3) is 0 Å². The third-order valence-corrected chi connectivity index (χ3v) is 3.92. The lowest BCUT2D eigenvalue weighted by Crippen LogP contribution is -2.37. The van der Waals surface area contributed by atoms with E-state index in [9.17, 15) is 4.39 Å². The predicted octanol–water partition coefficient (Wildman–Crippen LogP) is 3.04. The van der Waals surface area contributed by atoms with Gasteiger partial charge in [-0.25, -0.2) is 4.39 Å². The van der Waals surface area contributed by atoms with Crippen LogP contribution in [-0.4, -0.2) is 31.1 Å². The molecule has 1 aliphatic heterocycles. The van der Waals surface area contributed by atoms with Crippen molar-refractivity contribution in [2.75, 3.05) is 26.2 Å². The molecule has 106 valence electrons. The first-order chi connectivity index (χ1) is 9.11. The minimum atomic E-state index is -0.155. The van der Waals surface area contributed by atoms with Crippen molar-refractivity contribution in [1.29, 1.82) is 0 Å². The zero-order valence-electron chi connectivity index (χ0n) is 12.1. The van der Waals surface area contributed by atoms with Gasteiger partial charge in [0.05, 0.1) is 0 Å². The van der Waals surface area contributed by atoms with Crippen molar-refractivity contribution in [2.45, 2.75) is 33.2 Å². The average Bonchev–Trinajstić information content (AvgIpc) is 2.79. The Bertz CT molecular complexity index is 382. The molecule has 0 spiro atoms. The fourth-order valence-corrected chi connectivity index (χ4v) is 2.92. The first-order valence-corrected chi connectivity index (χ1v) is 7.29. The molecule has 1 N–H and O–H groups in total. The maximum atomic E-state index is 12.9. The Morgan fingerprint density at radius 1 is 1.32 bits per heavy atom. The van der Waals surface area contributed by atoms with Crippen LogP contribution in [0.1, 0.15) is 32.3 Å². The first-order valence-electron chi connectivity index (χ1n) is 7.29. The van der Waals surface area contributed by atoms with Gasteiger partial charge in [0, 0.05) is 19.6 Å². The summed E-state index contributed by atoms with van der Waals surface area (Å²) in [5, 5.41) is 3.46. The quantitative estimate of drug-likeness (QED) is 0.849. The molecule has 0 amide bonds. The molecule has 3 heteroatoms. The molecule has 1 unspecified atom stereocenters. The monoisotopic (exact) mass is 264 g/mol.